The average Bonchev–Trinajstić information content (AvgIpc) is 2.11. The van der Waals surface area contributed by atoms with E-state index in [1.54, 1.807) is 13.8 Å². The first-order chi connectivity index (χ1) is 6.02. The monoisotopic (exact) mass is 185 g/mol. The zero-order chi connectivity index (χ0) is 10.4. The number of nitrogens with two attached hydrogens (primary N) is 1. The Hall–Kier alpha value is -1.04. The Morgan fingerprint density at radius 2 is 2.00 bits per heavy atom. The topological polar surface area (TPSA) is 81.4 Å². The maximum absolute atomic E-state index is 11.1. The van der Waals surface area contributed by atoms with E-state index in [0.717, 1.165) is 7.41 Å². The minimum Gasteiger partial charge on any atom is -0.467 e. The smallest absolute Gasteiger partial charge is 0.328 e. The molecule has 6 heteroatoms. The van der Waals surface area contributed by atoms with Crippen molar-refractivity contribution in [3.8, 4) is 0 Å². The summed E-state index contributed by atoms with van der Waals surface area (Å²) >= 11 is 0. The standard InChI is InChI=1S/C7H14BN2O3/c1-4(2)5(6(11)13-3)10-7(12)8-9/h4-5H,9H2,1-3H3,(H,10,12)/t5-/m0/s1. The average molecular weight is 185 g/mol. The number of hydrogen-bond acceptors (Lipinski definition) is 4. The third-order valence-electron chi connectivity index (χ3n) is 1.57. The van der Waals surface area contributed by atoms with Crippen LogP contribution in [0.3, 0.4) is 0 Å². The molecule has 0 aliphatic heterocycles. The van der Waals surface area contributed by atoms with Crippen molar-refractivity contribution in [3.05, 3.63) is 0 Å². The zero-order valence-electron chi connectivity index (χ0n) is 8.03. The Morgan fingerprint density at radius 3 is 2.31 bits per heavy atom. The Morgan fingerprint density at radius 1 is 1.46 bits per heavy atom. The summed E-state index contributed by atoms with van der Waals surface area (Å²) in [6, 6.07) is -0.641. The molecule has 0 aromatic heterocycles. The van der Waals surface area contributed by atoms with Crippen molar-refractivity contribution >= 4 is 19.2 Å². The SMILES string of the molecule is COC(=O)[C@@H](NC(=O)[B]N)C(C)C. The molecule has 0 aromatic carbocycles. The molecular formula is C7H14BN2O3. The van der Waals surface area contributed by atoms with E-state index < -0.39 is 17.8 Å². The molecule has 1 amide bonds. The lowest BCUT2D eigenvalue weighted by molar-refractivity contribution is -0.143. The van der Waals surface area contributed by atoms with Gasteiger partial charge < -0.3 is 15.7 Å². The summed E-state index contributed by atoms with van der Waals surface area (Å²) in [7, 11) is 2.15. The highest BCUT2D eigenvalue weighted by atomic mass is 16.5. The van der Waals surface area contributed by atoms with Crippen LogP contribution < -0.4 is 11.0 Å². The van der Waals surface area contributed by atoms with Crippen LogP contribution in [0.25, 0.3) is 0 Å². The summed E-state index contributed by atoms with van der Waals surface area (Å²) < 4.78 is 4.51. The number of nitrogens with one attached hydrogen (secondary N) is 1. The number of rotatable bonds is 4. The second-order valence-electron chi connectivity index (χ2n) is 2.92. The van der Waals surface area contributed by atoms with Gasteiger partial charge in [-0.1, -0.05) is 13.8 Å². The van der Waals surface area contributed by atoms with Gasteiger partial charge >= 0.3 is 13.4 Å². The third kappa shape index (κ3) is 3.94. The van der Waals surface area contributed by atoms with E-state index in [4.69, 9.17) is 5.64 Å². The number of hydrogen-bond donors (Lipinski definition) is 2. The molecule has 0 heterocycles. The van der Waals surface area contributed by atoms with Crippen LogP contribution in [0, 0.1) is 5.92 Å². The van der Waals surface area contributed by atoms with Gasteiger partial charge in [0.15, 0.2) is 5.81 Å². The van der Waals surface area contributed by atoms with E-state index in [1.165, 1.54) is 7.11 Å². The Balaban J connectivity index is 4.26. The predicted molar refractivity (Wildman–Crippen MR) is 49.1 cm³/mol. The summed E-state index contributed by atoms with van der Waals surface area (Å²) in [6.45, 7) is 3.61. The molecule has 1 radical (unpaired) electrons. The predicted octanol–water partition coefficient (Wildman–Crippen LogP) is -0.528. The molecule has 0 aliphatic rings. The number of amides is 1. The van der Waals surface area contributed by atoms with Gasteiger partial charge in [0.1, 0.15) is 6.04 Å². The van der Waals surface area contributed by atoms with Crippen LogP contribution in [-0.2, 0) is 9.53 Å². The second kappa shape index (κ2) is 5.58. The second-order valence-corrected chi connectivity index (χ2v) is 2.92. The number of esters is 1. The summed E-state index contributed by atoms with van der Waals surface area (Å²) in [5, 5.41) is 2.42. The highest BCUT2D eigenvalue weighted by molar-refractivity contribution is 6.70. The highest BCUT2D eigenvalue weighted by Crippen LogP contribution is 2.02. The lowest BCUT2D eigenvalue weighted by Crippen LogP contribution is -2.47. The lowest BCUT2D eigenvalue weighted by Gasteiger charge is -2.19. The maximum atomic E-state index is 11.1. The summed E-state index contributed by atoms with van der Waals surface area (Å²) in [6.07, 6.45) is 0. The van der Waals surface area contributed by atoms with Crippen LogP contribution in [-0.4, -0.2) is 32.3 Å². The van der Waals surface area contributed by atoms with E-state index in [1.807, 2.05) is 0 Å². The van der Waals surface area contributed by atoms with Crippen molar-refractivity contribution in [2.75, 3.05) is 7.11 Å². The van der Waals surface area contributed by atoms with Crippen LogP contribution in [0.4, 0.5) is 4.79 Å². The highest BCUT2D eigenvalue weighted by Gasteiger charge is 2.24. The Labute approximate surface area is 78.3 Å². The molecule has 1 atom stereocenters. The molecule has 0 fully saturated rings. The first-order valence-corrected chi connectivity index (χ1v) is 3.96. The van der Waals surface area contributed by atoms with Gasteiger partial charge in [-0.15, -0.1) is 0 Å². The van der Waals surface area contributed by atoms with Crippen LogP contribution in [0.1, 0.15) is 13.8 Å². The quantitative estimate of drug-likeness (QED) is 0.455. The number of carbonyl (C=O) groups is 2. The van der Waals surface area contributed by atoms with E-state index in [9.17, 15) is 9.59 Å². The first kappa shape index (κ1) is 12.0. The van der Waals surface area contributed by atoms with Gasteiger partial charge in [0.2, 0.25) is 0 Å². The van der Waals surface area contributed by atoms with Crippen molar-refractivity contribution in [2.24, 2.45) is 11.6 Å². The fourth-order valence-electron chi connectivity index (χ4n) is 0.826. The minimum absolute atomic E-state index is 0.0312. The van der Waals surface area contributed by atoms with Gasteiger partial charge in [-0.3, -0.25) is 4.79 Å². The molecule has 0 unspecified atom stereocenters. The summed E-state index contributed by atoms with van der Waals surface area (Å²) in [4.78, 5) is 22.0. The van der Waals surface area contributed by atoms with Crippen LogP contribution in [0.2, 0.25) is 0 Å². The van der Waals surface area contributed by atoms with Crippen LogP contribution in [0.5, 0.6) is 0 Å². The fourth-order valence-corrected chi connectivity index (χ4v) is 0.826. The molecule has 0 aromatic rings. The molecule has 0 aliphatic carbocycles. The normalized spacial score (nSPS) is 12.1. The maximum Gasteiger partial charge on any atom is 0.328 e. The molecule has 0 saturated heterocycles. The van der Waals surface area contributed by atoms with Gasteiger partial charge in [-0.2, -0.15) is 0 Å². The number of ether oxygens (including phenoxy) is 1. The Kier molecular flexibility index (Phi) is 5.14. The third-order valence-corrected chi connectivity index (χ3v) is 1.57. The molecule has 0 rings (SSSR count). The van der Waals surface area contributed by atoms with Gasteiger partial charge in [0.05, 0.1) is 7.11 Å². The van der Waals surface area contributed by atoms with Gasteiger partial charge in [-0.25, -0.2) is 4.79 Å². The van der Waals surface area contributed by atoms with Gasteiger partial charge in [0.25, 0.3) is 0 Å². The molecule has 0 bridgehead atoms. The van der Waals surface area contributed by atoms with E-state index in [0.29, 0.717) is 0 Å². The molecule has 0 spiro atoms. The Bertz CT molecular complexity index is 196. The van der Waals surface area contributed by atoms with Gasteiger partial charge in [-0.05, 0) is 5.92 Å². The summed E-state index contributed by atoms with van der Waals surface area (Å²) in [5.74, 6) is -0.981. The van der Waals surface area contributed by atoms with E-state index >= 15 is 0 Å². The van der Waals surface area contributed by atoms with Gasteiger partial charge in [0, 0.05) is 0 Å². The zero-order valence-corrected chi connectivity index (χ0v) is 8.03. The van der Waals surface area contributed by atoms with Crippen LogP contribution >= 0.6 is 0 Å². The summed E-state index contributed by atoms with van der Waals surface area (Å²) in [5.41, 5.74) is 4.97. The van der Waals surface area contributed by atoms with Crippen molar-refractivity contribution in [1.29, 1.82) is 0 Å². The molecular weight excluding hydrogens is 171 g/mol. The van der Waals surface area contributed by atoms with Crippen LogP contribution in [0.15, 0.2) is 0 Å². The van der Waals surface area contributed by atoms with Crippen molar-refractivity contribution in [1.82, 2.24) is 5.32 Å². The molecule has 0 saturated carbocycles. The van der Waals surface area contributed by atoms with E-state index in [2.05, 4.69) is 10.1 Å². The minimum atomic E-state index is -0.641. The molecule has 3 N–H and O–H groups in total. The van der Waals surface area contributed by atoms with Crippen molar-refractivity contribution < 1.29 is 14.3 Å². The van der Waals surface area contributed by atoms with Crippen molar-refractivity contribution in [2.45, 2.75) is 19.9 Å². The first-order valence-electron chi connectivity index (χ1n) is 3.96. The largest absolute Gasteiger partial charge is 0.467 e. The number of methoxy groups -OCH3 is 1. The van der Waals surface area contributed by atoms with E-state index in [-0.39, 0.29) is 5.92 Å². The molecule has 73 valence electrons. The molecule has 13 heavy (non-hydrogen) atoms. The number of carbonyl (C=O) groups excluding carboxylic acids is 2. The fraction of sp³-hybridized carbons (Fsp3) is 0.714. The lowest BCUT2D eigenvalue weighted by atomic mass is 9.94. The molecule has 5 nitrogen and oxygen atoms in total. The van der Waals surface area contributed by atoms with Crippen molar-refractivity contribution in [3.63, 3.8) is 0 Å².